The van der Waals surface area contributed by atoms with Gasteiger partial charge in [0.15, 0.2) is 0 Å². The van der Waals surface area contributed by atoms with E-state index in [2.05, 4.69) is 0 Å². The van der Waals surface area contributed by atoms with Gasteiger partial charge >= 0.3 is 0 Å². The predicted molar refractivity (Wildman–Crippen MR) is 74.3 cm³/mol. The number of nitrogens with zero attached hydrogens (tertiary/aromatic N) is 2. The lowest BCUT2D eigenvalue weighted by Crippen LogP contribution is -1.90. The zero-order valence-electron chi connectivity index (χ0n) is 9.84. The molecule has 0 N–H and O–H groups in total. The first kappa shape index (κ1) is 14.1. The third kappa shape index (κ3) is 2.99. The van der Waals surface area contributed by atoms with E-state index in [1.165, 1.54) is 30.3 Å². The minimum atomic E-state index is -0.547. The normalized spacial score (nSPS) is 9.85. The standard InChI is InChI=1S/C13H6Cl2N2O3/c14-11-6-10(3-1-8(11)7-16)20-13-4-2-9(17(18)19)5-12(13)15/h1-6H. The molecule has 2 aromatic carbocycles. The number of nitro groups is 1. The number of non-ortho nitro benzene ring substituents is 1. The van der Waals surface area contributed by atoms with Crippen LogP contribution in [0.4, 0.5) is 5.69 Å². The second-order valence-corrected chi connectivity index (χ2v) is 4.54. The van der Waals surface area contributed by atoms with E-state index in [1.807, 2.05) is 6.07 Å². The van der Waals surface area contributed by atoms with Crippen molar-refractivity contribution in [3.63, 3.8) is 0 Å². The summed E-state index contributed by atoms with van der Waals surface area (Å²) in [7, 11) is 0. The maximum absolute atomic E-state index is 10.6. The van der Waals surface area contributed by atoms with E-state index >= 15 is 0 Å². The van der Waals surface area contributed by atoms with Crippen LogP contribution >= 0.6 is 23.2 Å². The molecule has 100 valence electrons. The number of benzene rings is 2. The summed E-state index contributed by atoms with van der Waals surface area (Å²) in [4.78, 5) is 10.0. The first-order valence-electron chi connectivity index (χ1n) is 5.32. The van der Waals surface area contributed by atoms with Gasteiger partial charge in [-0.2, -0.15) is 5.26 Å². The zero-order chi connectivity index (χ0) is 14.7. The van der Waals surface area contributed by atoms with Crippen LogP contribution in [-0.2, 0) is 0 Å². The molecule has 2 aromatic rings. The smallest absolute Gasteiger partial charge is 0.271 e. The van der Waals surface area contributed by atoms with Crippen molar-refractivity contribution in [2.75, 3.05) is 0 Å². The monoisotopic (exact) mass is 308 g/mol. The van der Waals surface area contributed by atoms with E-state index in [1.54, 1.807) is 6.07 Å². The molecule has 0 radical (unpaired) electrons. The van der Waals surface area contributed by atoms with Crippen LogP contribution in [0.1, 0.15) is 5.56 Å². The third-order valence-electron chi connectivity index (χ3n) is 2.42. The minimum absolute atomic E-state index is 0.111. The summed E-state index contributed by atoms with van der Waals surface area (Å²) in [5, 5.41) is 19.7. The molecule has 2 rings (SSSR count). The molecule has 0 atom stereocenters. The molecule has 0 amide bonds. The summed E-state index contributed by atoms with van der Waals surface area (Å²) in [6, 6.07) is 10.3. The molecule has 0 spiro atoms. The lowest BCUT2D eigenvalue weighted by atomic mass is 10.2. The van der Waals surface area contributed by atoms with E-state index in [0.29, 0.717) is 11.3 Å². The van der Waals surface area contributed by atoms with Gasteiger partial charge in [0.25, 0.3) is 5.69 Å². The molecule has 0 fully saturated rings. The Morgan fingerprint density at radius 3 is 2.45 bits per heavy atom. The summed E-state index contributed by atoms with van der Waals surface area (Å²) < 4.78 is 5.48. The van der Waals surface area contributed by atoms with Crippen LogP contribution in [0.15, 0.2) is 36.4 Å². The second kappa shape index (κ2) is 5.78. The molecule has 0 aliphatic carbocycles. The van der Waals surface area contributed by atoms with Crippen LogP contribution in [0.5, 0.6) is 11.5 Å². The Balaban J connectivity index is 2.29. The van der Waals surface area contributed by atoms with E-state index in [4.69, 9.17) is 33.2 Å². The number of nitriles is 1. The zero-order valence-corrected chi connectivity index (χ0v) is 11.4. The summed E-state index contributed by atoms with van der Waals surface area (Å²) in [6.07, 6.45) is 0. The van der Waals surface area contributed by atoms with Crippen molar-refractivity contribution in [2.24, 2.45) is 0 Å². The lowest BCUT2D eigenvalue weighted by Gasteiger charge is -2.08. The highest BCUT2D eigenvalue weighted by atomic mass is 35.5. The molecule has 0 heterocycles. The van der Waals surface area contributed by atoms with Gasteiger partial charge in [-0.15, -0.1) is 0 Å². The topological polar surface area (TPSA) is 76.2 Å². The Hall–Kier alpha value is -2.29. The Kier molecular flexibility index (Phi) is 4.08. The highest BCUT2D eigenvalue weighted by Crippen LogP contribution is 2.33. The number of nitro benzene ring substituents is 1. The highest BCUT2D eigenvalue weighted by molar-refractivity contribution is 6.32. The van der Waals surface area contributed by atoms with Gasteiger partial charge in [-0.3, -0.25) is 10.1 Å². The van der Waals surface area contributed by atoms with Crippen LogP contribution in [-0.4, -0.2) is 4.92 Å². The van der Waals surface area contributed by atoms with Gasteiger partial charge in [0.2, 0.25) is 0 Å². The number of rotatable bonds is 3. The molecular weight excluding hydrogens is 303 g/mol. The SMILES string of the molecule is N#Cc1ccc(Oc2ccc([N+](=O)[O-])cc2Cl)cc1Cl. The van der Waals surface area contributed by atoms with Gasteiger partial charge in [-0.1, -0.05) is 23.2 Å². The molecule has 0 unspecified atom stereocenters. The van der Waals surface area contributed by atoms with Gasteiger partial charge in [-0.25, -0.2) is 0 Å². The molecule has 0 aliphatic rings. The Morgan fingerprint density at radius 2 is 1.90 bits per heavy atom. The maximum atomic E-state index is 10.6. The van der Waals surface area contributed by atoms with Crippen LogP contribution in [0.25, 0.3) is 0 Å². The average Bonchev–Trinajstić information content (AvgIpc) is 2.41. The third-order valence-corrected chi connectivity index (χ3v) is 3.02. The van der Waals surface area contributed by atoms with E-state index in [0.717, 1.165) is 0 Å². The second-order valence-electron chi connectivity index (χ2n) is 3.73. The Morgan fingerprint density at radius 1 is 1.15 bits per heavy atom. The molecular formula is C13H6Cl2N2O3. The number of hydrogen-bond donors (Lipinski definition) is 0. The number of hydrogen-bond acceptors (Lipinski definition) is 4. The molecule has 20 heavy (non-hydrogen) atoms. The van der Waals surface area contributed by atoms with E-state index in [9.17, 15) is 10.1 Å². The Labute approximate surface area is 124 Å². The summed E-state index contributed by atoms with van der Waals surface area (Å²) >= 11 is 11.8. The first-order chi connectivity index (χ1) is 9.51. The number of ether oxygens (including phenoxy) is 1. The Bertz CT molecular complexity index is 726. The molecule has 0 aliphatic heterocycles. The largest absolute Gasteiger partial charge is 0.456 e. The van der Waals surface area contributed by atoms with Crippen LogP contribution in [0, 0.1) is 21.4 Å². The van der Waals surface area contributed by atoms with E-state index in [-0.39, 0.29) is 21.5 Å². The van der Waals surface area contributed by atoms with Gasteiger partial charge < -0.3 is 4.74 Å². The van der Waals surface area contributed by atoms with Crippen molar-refractivity contribution in [1.82, 2.24) is 0 Å². The van der Waals surface area contributed by atoms with Crippen molar-refractivity contribution < 1.29 is 9.66 Å². The van der Waals surface area contributed by atoms with E-state index < -0.39 is 4.92 Å². The van der Waals surface area contributed by atoms with Crippen LogP contribution in [0.3, 0.4) is 0 Å². The molecule has 0 saturated heterocycles. The molecule has 7 heteroatoms. The van der Waals surface area contributed by atoms with Crippen molar-refractivity contribution >= 4 is 28.9 Å². The fourth-order valence-electron chi connectivity index (χ4n) is 1.46. The molecule has 0 bridgehead atoms. The van der Waals surface area contributed by atoms with Gasteiger partial charge in [-0.05, 0) is 18.2 Å². The number of halogens is 2. The quantitative estimate of drug-likeness (QED) is 0.615. The van der Waals surface area contributed by atoms with Gasteiger partial charge in [0.1, 0.15) is 17.6 Å². The minimum Gasteiger partial charge on any atom is -0.456 e. The van der Waals surface area contributed by atoms with Crippen LogP contribution < -0.4 is 4.74 Å². The van der Waals surface area contributed by atoms with Gasteiger partial charge in [0.05, 0.1) is 20.5 Å². The summed E-state index contributed by atoms with van der Waals surface area (Å²) in [5.41, 5.74) is 0.203. The summed E-state index contributed by atoms with van der Waals surface area (Å²) in [5.74, 6) is 0.641. The first-order valence-corrected chi connectivity index (χ1v) is 6.08. The highest BCUT2D eigenvalue weighted by Gasteiger charge is 2.11. The van der Waals surface area contributed by atoms with Crippen LogP contribution in [0.2, 0.25) is 10.0 Å². The maximum Gasteiger partial charge on any atom is 0.271 e. The predicted octanol–water partition coefficient (Wildman–Crippen LogP) is 4.57. The van der Waals surface area contributed by atoms with Crippen molar-refractivity contribution in [3.8, 4) is 17.6 Å². The fraction of sp³-hybridized carbons (Fsp3) is 0. The fourth-order valence-corrected chi connectivity index (χ4v) is 1.89. The lowest BCUT2D eigenvalue weighted by molar-refractivity contribution is -0.384. The molecule has 0 aromatic heterocycles. The van der Waals surface area contributed by atoms with Crippen molar-refractivity contribution in [3.05, 3.63) is 62.1 Å². The van der Waals surface area contributed by atoms with Gasteiger partial charge in [0, 0.05) is 18.2 Å². The average molecular weight is 309 g/mol. The summed E-state index contributed by atoms with van der Waals surface area (Å²) in [6.45, 7) is 0. The molecule has 5 nitrogen and oxygen atoms in total. The van der Waals surface area contributed by atoms with Crippen molar-refractivity contribution in [1.29, 1.82) is 5.26 Å². The molecule has 0 saturated carbocycles. The van der Waals surface area contributed by atoms with Crippen molar-refractivity contribution in [2.45, 2.75) is 0 Å².